The monoisotopic (exact) mass is 429 g/mol. The standard InChI is InChI=1S/C25H27N5O2/c31-24(18-12-26-23-22(18)28-20(13-27-23)15-8-9-15)30-21(16-10-11-16)25(32)29-19-7-3-5-14-4-1-2-6-17(14)19/h1-2,4,6,12-13,15-16,19,21H,3,5,7-11H2,(H,26,27)(H,29,32)(H,30,31)/t19?,21-/m1/s1. The Morgan fingerprint density at radius 3 is 2.75 bits per heavy atom. The molecule has 1 unspecified atom stereocenters. The number of amides is 2. The van der Waals surface area contributed by atoms with Crippen LogP contribution in [-0.2, 0) is 11.2 Å². The maximum absolute atomic E-state index is 13.3. The summed E-state index contributed by atoms with van der Waals surface area (Å²) >= 11 is 0. The van der Waals surface area contributed by atoms with E-state index in [1.807, 2.05) is 6.07 Å². The van der Waals surface area contributed by atoms with Gasteiger partial charge in [0.2, 0.25) is 5.91 Å². The van der Waals surface area contributed by atoms with E-state index >= 15 is 0 Å². The minimum atomic E-state index is -0.527. The van der Waals surface area contributed by atoms with Gasteiger partial charge in [-0.3, -0.25) is 9.59 Å². The maximum atomic E-state index is 13.3. The van der Waals surface area contributed by atoms with E-state index in [0.717, 1.165) is 50.6 Å². The summed E-state index contributed by atoms with van der Waals surface area (Å²) in [7, 11) is 0. The summed E-state index contributed by atoms with van der Waals surface area (Å²) < 4.78 is 0. The smallest absolute Gasteiger partial charge is 0.255 e. The number of rotatable bonds is 6. The number of nitrogens with one attached hydrogen (secondary N) is 3. The Morgan fingerprint density at radius 2 is 1.94 bits per heavy atom. The summed E-state index contributed by atoms with van der Waals surface area (Å²) in [5, 5.41) is 6.24. The first-order valence-corrected chi connectivity index (χ1v) is 11.7. The van der Waals surface area contributed by atoms with Crippen molar-refractivity contribution in [3.05, 3.63) is 59.0 Å². The van der Waals surface area contributed by atoms with E-state index in [0.29, 0.717) is 22.6 Å². The first kappa shape index (κ1) is 19.5. The molecule has 164 valence electrons. The zero-order valence-corrected chi connectivity index (χ0v) is 17.9. The second kappa shape index (κ2) is 7.73. The van der Waals surface area contributed by atoms with Crippen molar-refractivity contribution in [2.45, 2.75) is 62.9 Å². The van der Waals surface area contributed by atoms with Crippen LogP contribution in [0.25, 0.3) is 11.2 Å². The number of hydrogen-bond acceptors (Lipinski definition) is 4. The third-order valence-electron chi connectivity index (χ3n) is 6.99. The van der Waals surface area contributed by atoms with Crippen molar-refractivity contribution in [2.75, 3.05) is 0 Å². The topological polar surface area (TPSA) is 99.8 Å². The van der Waals surface area contributed by atoms with Gasteiger partial charge in [-0.15, -0.1) is 0 Å². The molecule has 2 atom stereocenters. The Hall–Kier alpha value is -3.22. The van der Waals surface area contributed by atoms with E-state index in [1.165, 1.54) is 11.1 Å². The van der Waals surface area contributed by atoms with Crippen LogP contribution in [0, 0.1) is 5.92 Å². The molecule has 2 amide bonds. The van der Waals surface area contributed by atoms with Gasteiger partial charge in [-0.1, -0.05) is 24.3 Å². The van der Waals surface area contributed by atoms with Crippen molar-refractivity contribution < 1.29 is 9.59 Å². The van der Waals surface area contributed by atoms with Gasteiger partial charge in [0.25, 0.3) is 5.91 Å². The molecular formula is C25H27N5O2. The Morgan fingerprint density at radius 1 is 1.09 bits per heavy atom. The van der Waals surface area contributed by atoms with Crippen LogP contribution in [0.4, 0.5) is 0 Å². The van der Waals surface area contributed by atoms with Gasteiger partial charge in [-0.25, -0.2) is 9.97 Å². The molecule has 3 aliphatic carbocycles. The van der Waals surface area contributed by atoms with Crippen LogP contribution in [0.5, 0.6) is 0 Å². The highest BCUT2D eigenvalue weighted by molar-refractivity contribution is 6.06. The van der Waals surface area contributed by atoms with Crippen LogP contribution in [0.2, 0.25) is 0 Å². The second-order valence-electron chi connectivity index (χ2n) is 9.41. The van der Waals surface area contributed by atoms with Gasteiger partial charge in [-0.05, 0) is 62.0 Å². The first-order valence-electron chi connectivity index (χ1n) is 11.7. The molecule has 3 N–H and O–H groups in total. The van der Waals surface area contributed by atoms with E-state index in [2.05, 4.69) is 38.8 Å². The molecule has 0 spiro atoms. The number of nitrogens with zero attached hydrogens (tertiary/aromatic N) is 2. The molecule has 3 aromatic rings. The zero-order chi connectivity index (χ0) is 21.7. The predicted molar refractivity (Wildman–Crippen MR) is 120 cm³/mol. The molecule has 6 rings (SSSR count). The highest BCUT2D eigenvalue weighted by Gasteiger charge is 2.39. The summed E-state index contributed by atoms with van der Waals surface area (Å²) in [6, 6.07) is 7.80. The van der Waals surface area contributed by atoms with Crippen LogP contribution in [0.15, 0.2) is 36.7 Å². The van der Waals surface area contributed by atoms with E-state index in [1.54, 1.807) is 12.4 Å². The molecule has 3 aliphatic rings. The number of H-pyrrole nitrogens is 1. The summed E-state index contributed by atoms with van der Waals surface area (Å²) in [4.78, 5) is 38.6. The van der Waals surface area contributed by atoms with Crippen LogP contribution < -0.4 is 10.6 Å². The Kier molecular flexibility index (Phi) is 4.70. The van der Waals surface area contributed by atoms with Crippen molar-refractivity contribution in [2.24, 2.45) is 5.92 Å². The average Bonchev–Trinajstić information content (AvgIpc) is 3.74. The highest BCUT2D eigenvalue weighted by Crippen LogP contribution is 2.39. The van der Waals surface area contributed by atoms with Crippen molar-refractivity contribution in [3.8, 4) is 0 Å². The number of hydrogen-bond donors (Lipinski definition) is 3. The largest absolute Gasteiger partial charge is 0.347 e. The van der Waals surface area contributed by atoms with E-state index in [9.17, 15) is 9.59 Å². The van der Waals surface area contributed by atoms with Crippen molar-refractivity contribution in [3.63, 3.8) is 0 Å². The zero-order valence-electron chi connectivity index (χ0n) is 17.9. The summed E-state index contributed by atoms with van der Waals surface area (Å²) in [5.41, 5.74) is 5.09. The first-order chi connectivity index (χ1) is 15.7. The lowest BCUT2D eigenvalue weighted by molar-refractivity contribution is -0.124. The number of carbonyl (C=O) groups excluding carboxylic acids is 2. The Balaban J connectivity index is 1.21. The van der Waals surface area contributed by atoms with E-state index in [4.69, 9.17) is 4.98 Å². The van der Waals surface area contributed by atoms with Gasteiger partial charge >= 0.3 is 0 Å². The fourth-order valence-electron chi connectivity index (χ4n) is 4.87. The molecule has 0 saturated heterocycles. The summed E-state index contributed by atoms with van der Waals surface area (Å²) in [6.45, 7) is 0. The molecule has 32 heavy (non-hydrogen) atoms. The van der Waals surface area contributed by atoms with Crippen molar-refractivity contribution >= 4 is 23.0 Å². The normalized spacial score (nSPS) is 21.1. The molecule has 7 nitrogen and oxygen atoms in total. The van der Waals surface area contributed by atoms with Crippen LogP contribution in [-0.4, -0.2) is 32.8 Å². The Labute approximate surface area is 186 Å². The fourth-order valence-corrected chi connectivity index (χ4v) is 4.87. The van der Waals surface area contributed by atoms with Crippen molar-refractivity contribution in [1.82, 2.24) is 25.6 Å². The third-order valence-corrected chi connectivity index (χ3v) is 6.99. The van der Waals surface area contributed by atoms with Gasteiger partial charge in [0.1, 0.15) is 11.6 Å². The van der Waals surface area contributed by atoms with Gasteiger partial charge in [-0.2, -0.15) is 0 Å². The number of carbonyl (C=O) groups is 2. The quantitative estimate of drug-likeness (QED) is 0.558. The van der Waals surface area contributed by atoms with Crippen LogP contribution in [0.1, 0.15) is 77.7 Å². The molecular weight excluding hydrogens is 402 g/mol. The highest BCUT2D eigenvalue weighted by atomic mass is 16.2. The molecule has 1 aromatic carbocycles. The Bertz CT molecular complexity index is 1190. The molecule has 0 aliphatic heterocycles. The summed E-state index contributed by atoms with van der Waals surface area (Å²) in [6.07, 6.45) is 10.6. The third kappa shape index (κ3) is 3.66. The lowest BCUT2D eigenvalue weighted by Gasteiger charge is -2.28. The number of aromatic amines is 1. The number of aryl methyl sites for hydroxylation is 1. The predicted octanol–water partition coefficient (Wildman–Crippen LogP) is 3.54. The van der Waals surface area contributed by atoms with Crippen LogP contribution >= 0.6 is 0 Å². The lowest BCUT2D eigenvalue weighted by atomic mass is 9.87. The van der Waals surface area contributed by atoms with E-state index in [-0.39, 0.29) is 23.8 Å². The van der Waals surface area contributed by atoms with Gasteiger partial charge in [0, 0.05) is 12.1 Å². The fraction of sp³-hybridized carbons (Fsp3) is 0.440. The molecule has 0 radical (unpaired) electrons. The number of fused-ring (bicyclic) bond motifs is 2. The van der Waals surface area contributed by atoms with Gasteiger partial charge < -0.3 is 15.6 Å². The number of aromatic nitrogens is 3. The minimum Gasteiger partial charge on any atom is -0.347 e. The van der Waals surface area contributed by atoms with Gasteiger partial charge in [0.15, 0.2) is 5.65 Å². The molecule has 0 bridgehead atoms. The van der Waals surface area contributed by atoms with Crippen molar-refractivity contribution in [1.29, 1.82) is 0 Å². The molecule has 2 saturated carbocycles. The minimum absolute atomic E-state index is 0.00524. The number of benzene rings is 1. The lowest BCUT2D eigenvalue weighted by Crippen LogP contribution is -2.49. The van der Waals surface area contributed by atoms with Gasteiger partial charge in [0.05, 0.1) is 23.5 Å². The second-order valence-corrected chi connectivity index (χ2v) is 9.41. The summed E-state index contributed by atoms with van der Waals surface area (Å²) in [5.74, 6) is 0.291. The SMILES string of the molecule is O=C(N[C@@H](C(=O)NC1CCCc2ccccc21)C1CC1)c1c[nH]c2ncc(C3CC3)nc12. The van der Waals surface area contributed by atoms with Crippen LogP contribution in [0.3, 0.4) is 0 Å². The average molecular weight is 430 g/mol. The molecule has 2 fully saturated rings. The molecule has 2 aromatic heterocycles. The molecule has 2 heterocycles. The van der Waals surface area contributed by atoms with E-state index < -0.39 is 6.04 Å². The maximum Gasteiger partial charge on any atom is 0.255 e. The molecule has 7 heteroatoms.